The molecule has 3 heteroatoms. The number of benzene rings is 1. The van der Waals surface area contributed by atoms with Crippen molar-refractivity contribution >= 4 is 39.9 Å². The zero-order valence-electron chi connectivity index (χ0n) is 7.00. The predicted molar refractivity (Wildman–Crippen MR) is 65.5 cm³/mol. The summed E-state index contributed by atoms with van der Waals surface area (Å²) in [7, 11) is 0. The summed E-state index contributed by atoms with van der Waals surface area (Å²) in [5.74, 6) is 0. The van der Waals surface area contributed by atoms with Crippen molar-refractivity contribution in [2.75, 3.05) is 18.0 Å². The van der Waals surface area contributed by atoms with E-state index in [0.717, 1.165) is 18.1 Å². The van der Waals surface area contributed by atoms with Gasteiger partial charge in [-0.25, -0.2) is 0 Å². The van der Waals surface area contributed by atoms with Crippen LogP contribution < -0.4 is 4.90 Å². The molecule has 0 unspecified atom stereocenters. The standard InChI is InChI=1S/C10H9ClIN/c11-8-3-4-10(9(12)7-8)13-5-1-2-6-13/h1-4,7H,5-6H2. The fourth-order valence-corrected chi connectivity index (χ4v) is 2.63. The van der Waals surface area contributed by atoms with E-state index in [-0.39, 0.29) is 0 Å². The molecule has 0 saturated carbocycles. The van der Waals surface area contributed by atoms with Gasteiger partial charge < -0.3 is 4.90 Å². The molecule has 1 aromatic rings. The molecule has 1 aliphatic heterocycles. The van der Waals surface area contributed by atoms with Crippen LogP contribution in [0.4, 0.5) is 5.69 Å². The molecule has 1 aromatic carbocycles. The Labute approximate surface area is 96.5 Å². The largest absolute Gasteiger partial charge is 0.363 e. The fraction of sp³-hybridized carbons (Fsp3) is 0.200. The number of rotatable bonds is 1. The third-order valence-corrected chi connectivity index (χ3v) is 3.17. The van der Waals surface area contributed by atoms with Gasteiger partial charge in [-0.3, -0.25) is 0 Å². The van der Waals surface area contributed by atoms with Gasteiger partial charge in [-0.15, -0.1) is 0 Å². The monoisotopic (exact) mass is 305 g/mol. The molecule has 1 nitrogen and oxygen atoms in total. The zero-order valence-corrected chi connectivity index (χ0v) is 9.92. The van der Waals surface area contributed by atoms with Crippen molar-refractivity contribution in [3.8, 4) is 0 Å². The van der Waals surface area contributed by atoms with Crippen LogP contribution in [0.5, 0.6) is 0 Å². The van der Waals surface area contributed by atoms with Crippen molar-refractivity contribution in [2.45, 2.75) is 0 Å². The van der Waals surface area contributed by atoms with E-state index >= 15 is 0 Å². The normalized spacial score (nSPS) is 15.4. The van der Waals surface area contributed by atoms with Crippen molar-refractivity contribution in [3.05, 3.63) is 38.9 Å². The molecule has 0 spiro atoms. The summed E-state index contributed by atoms with van der Waals surface area (Å²) in [4.78, 5) is 2.32. The second-order valence-electron chi connectivity index (χ2n) is 2.97. The van der Waals surface area contributed by atoms with E-state index in [0.29, 0.717) is 0 Å². The summed E-state index contributed by atoms with van der Waals surface area (Å²) >= 11 is 8.21. The van der Waals surface area contributed by atoms with Crippen LogP contribution in [0.15, 0.2) is 30.4 Å². The molecule has 0 N–H and O–H groups in total. The molecular weight excluding hydrogens is 296 g/mol. The SMILES string of the molecule is Clc1ccc(N2CC=CC2)c(I)c1. The smallest absolute Gasteiger partial charge is 0.0508 e. The molecule has 13 heavy (non-hydrogen) atoms. The van der Waals surface area contributed by atoms with E-state index in [9.17, 15) is 0 Å². The van der Waals surface area contributed by atoms with E-state index in [2.05, 4.69) is 45.7 Å². The molecule has 68 valence electrons. The van der Waals surface area contributed by atoms with Gasteiger partial charge in [0.25, 0.3) is 0 Å². The Morgan fingerprint density at radius 3 is 2.54 bits per heavy atom. The molecule has 0 atom stereocenters. The minimum absolute atomic E-state index is 0.806. The first-order chi connectivity index (χ1) is 6.27. The van der Waals surface area contributed by atoms with Crippen molar-refractivity contribution in [3.63, 3.8) is 0 Å². The number of halogens is 2. The third kappa shape index (κ3) is 1.99. The Morgan fingerprint density at radius 1 is 1.23 bits per heavy atom. The molecule has 1 aliphatic rings. The molecule has 0 saturated heterocycles. The average molecular weight is 306 g/mol. The van der Waals surface area contributed by atoms with Crippen LogP contribution in [0.2, 0.25) is 5.02 Å². The van der Waals surface area contributed by atoms with Gasteiger partial charge in [0.2, 0.25) is 0 Å². The first-order valence-corrected chi connectivity index (χ1v) is 5.58. The van der Waals surface area contributed by atoms with Crippen LogP contribution >= 0.6 is 34.2 Å². The highest BCUT2D eigenvalue weighted by Crippen LogP contribution is 2.26. The van der Waals surface area contributed by atoms with Crippen LogP contribution in [-0.4, -0.2) is 13.1 Å². The second-order valence-corrected chi connectivity index (χ2v) is 4.57. The highest BCUT2D eigenvalue weighted by molar-refractivity contribution is 14.1. The van der Waals surface area contributed by atoms with Gasteiger partial charge in [0.05, 0.1) is 5.69 Å². The Morgan fingerprint density at radius 2 is 1.92 bits per heavy atom. The molecule has 0 radical (unpaired) electrons. The molecular formula is C10H9ClIN. The van der Waals surface area contributed by atoms with Crippen LogP contribution in [0.3, 0.4) is 0 Å². The van der Waals surface area contributed by atoms with E-state index < -0.39 is 0 Å². The lowest BCUT2D eigenvalue weighted by molar-refractivity contribution is 1.00. The molecule has 0 bridgehead atoms. The van der Waals surface area contributed by atoms with Gasteiger partial charge in [0, 0.05) is 21.7 Å². The zero-order chi connectivity index (χ0) is 9.26. The summed E-state index contributed by atoms with van der Waals surface area (Å²) < 4.78 is 1.22. The minimum Gasteiger partial charge on any atom is -0.363 e. The Kier molecular flexibility index (Phi) is 2.79. The predicted octanol–water partition coefficient (Wildman–Crippen LogP) is 3.32. The molecule has 0 fully saturated rings. The number of nitrogens with zero attached hydrogens (tertiary/aromatic N) is 1. The lowest BCUT2D eigenvalue weighted by Crippen LogP contribution is -2.19. The lowest BCUT2D eigenvalue weighted by atomic mass is 10.3. The molecule has 2 rings (SSSR count). The van der Waals surface area contributed by atoms with E-state index in [1.807, 2.05) is 12.1 Å². The van der Waals surface area contributed by atoms with E-state index in [1.54, 1.807) is 0 Å². The number of anilines is 1. The van der Waals surface area contributed by atoms with Crippen LogP contribution in [-0.2, 0) is 0 Å². The summed E-state index contributed by atoms with van der Waals surface area (Å²) in [5.41, 5.74) is 1.27. The quantitative estimate of drug-likeness (QED) is 0.568. The fourth-order valence-electron chi connectivity index (χ4n) is 1.41. The maximum Gasteiger partial charge on any atom is 0.0508 e. The van der Waals surface area contributed by atoms with Gasteiger partial charge in [-0.05, 0) is 40.8 Å². The maximum absolute atomic E-state index is 5.88. The van der Waals surface area contributed by atoms with Crippen molar-refractivity contribution in [1.82, 2.24) is 0 Å². The summed E-state index contributed by atoms with van der Waals surface area (Å²) in [5, 5.41) is 0.806. The average Bonchev–Trinajstić information content (AvgIpc) is 2.56. The van der Waals surface area contributed by atoms with Gasteiger partial charge in [0.15, 0.2) is 0 Å². The Hall–Kier alpha value is -0.220. The number of hydrogen-bond acceptors (Lipinski definition) is 1. The highest BCUT2D eigenvalue weighted by atomic mass is 127. The minimum atomic E-state index is 0.806. The van der Waals surface area contributed by atoms with Gasteiger partial charge >= 0.3 is 0 Å². The van der Waals surface area contributed by atoms with Crippen LogP contribution in [0.1, 0.15) is 0 Å². The molecule has 0 aromatic heterocycles. The van der Waals surface area contributed by atoms with Crippen LogP contribution in [0.25, 0.3) is 0 Å². The third-order valence-electron chi connectivity index (χ3n) is 2.07. The summed E-state index contributed by atoms with van der Waals surface area (Å²) in [6.45, 7) is 2.02. The Balaban J connectivity index is 2.30. The second kappa shape index (κ2) is 3.88. The van der Waals surface area contributed by atoms with E-state index in [4.69, 9.17) is 11.6 Å². The first kappa shape index (κ1) is 9.34. The lowest BCUT2D eigenvalue weighted by Gasteiger charge is -2.19. The van der Waals surface area contributed by atoms with E-state index in [1.165, 1.54) is 9.26 Å². The van der Waals surface area contributed by atoms with Crippen molar-refractivity contribution in [1.29, 1.82) is 0 Å². The van der Waals surface area contributed by atoms with Crippen LogP contribution in [0, 0.1) is 3.57 Å². The van der Waals surface area contributed by atoms with Gasteiger partial charge in [-0.1, -0.05) is 23.8 Å². The van der Waals surface area contributed by atoms with Gasteiger partial charge in [-0.2, -0.15) is 0 Å². The Bertz CT molecular complexity index is 341. The maximum atomic E-state index is 5.88. The topological polar surface area (TPSA) is 3.24 Å². The number of hydrogen-bond donors (Lipinski definition) is 0. The molecule has 0 amide bonds. The molecule has 0 aliphatic carbocycles. The first-order valence-electron chi connectivity index (χ1n) is 4.12. The van der Waals surface area contributed by atoms with Crippen molar-refractivity contribution < 1.29 is 0 Å². The summed E-state index contributed by atoms with van der Waals surface area (Å²) in [6, 6.07) is 6.02. The highest BCUT2D eigenvalue weighted by Gasteiger charge is 2.10. The molecule has 1 heterocycles. The summed E-state index contributed by atoms with van der Waals surface area (Å²) in [6.07, 6.45) is 4.37. The van der Waals surface area contributed by atoms with Crippen molar-refractivity contribution in [2.24, 2.45) is 0 Å². The van der Waals surface area contributed by atoms with Gasteiger partial charge in [0.1, 0.15) is 0 Å².